The van der Waals surface area contributed by atoms with Gasteiger partial charge in [-0.15, -0.1) is 0 Å². The number of pyridine rings is 1. The molecule has 5 heteroatoms. The zero-order valence-electron chi connectivity index (χ0n) is 12.4. The highest BCUT2D eigenvalue weighted by Gasteiger charge is 2.24. The number of hydrogen-bond donors (Lipinski definition) is 2. The predicted octanol–water partition coefficient (Wildman–Crippen LogP) is 2.12. The molecule has 1 aliphatic rings. The van der Waals surface area contributed by atoms with Crippen molar-refractivity contribution in [2.75, 3.05) is 18.5 Å². The van der Waals surface area contributed by atoms with Gasteiger partial charge in [0.25, 0.3) is 5.91 Å². The smallest absolute Gasteiger partial charge is 0.255 e. The highest BCUT2D eigenvalue weighted by molar-refractivity contribution is 5.99. The molecule has 0 saturated carbocycles. The zero-order chi connectivity index (χ0) is 14.5. The Morgan fingerprint density at radius 1 is 1.60 bits per heavy atom. The first kappa shape index (κ1) is 14.8. The summed E-state index contributed by atoms with van der Waals surface area (Å²) in [6.45, 7) is 7.47. The van der Waals surface area contributed by atoms with Gasteiger partial charge in [-0.3, -0.25) is 9.78 Å². The largest absolute Gasteiger partial charge is 0.385 e. The summed E-state index contributed by atoms with van der Waals surface area (Å²) in [5.74, 6) is -0.101. The molecule has 1 saturated heterocycles. The van der Waals surface area contributed by atoms with Crippen LogP contribution in [0.1, 0.15) is 42.7 Å². The number of hydrogen-bond acceptors (Lipinski definition) is 4. The van der Waals surface area contributed by atoms with Crippen LogP contribution in [0.4, 0.5) is 5.69 Å². The first-order chi connectivity index (χ1) is 9.61. The molecule has 1 aliphatic heterocycles. The van der Waals surface area contributed by atoms with E-state index in [2.05, 4.69) is 15.6 Å². The van der Waals surface area contributed by atoms with Crippen molar-refractivity contribution >= 4 is 11.6 Å². The fourth-order valence-corrected chi connectivity index (χ4v) is 2.45. The van der Waals surface area contributed by atoms with Gasteiger partial charge in [-0.05, 0) is 39.7 Å². The van der Waals surface area contributed by atoms with Crippen LogP contribution in [0.2, 0.25) is 0 Å². The first-order valence-electron chi connectivity index (χ1n) is 7.24. The number of ether oxygens (including phenoxy) is 1. The van der Waals surface area contributed by atoms with E-state index in [1.54, 1.807) is 6.20 Å². The molecular formula is C15H23N3O2. The van der Waals surface area contributed by atoms with Crippen LogP contribution in [0.25, 0.3) is 0 Å². The van der Waals surface area contributed by atoms with Crippen LogP contribution in [0.5, 0.6) is 0 Å². The minimum absolute atomic E-state index is 0.0146. The van der Waals surface area contributed by atoms with Crippen LogP contribution in [0.3, 0.4) is 0 Å². The normalized spacial score (nSPS) is 19.6. The molecule has 0 bridgehead atoms. The monoisotopic (exact) mass is 277 g/mol. The maximum Gasteiger partial charge on any atom is 0.255 e. The van der Waals surface area contributed by atoms with E-state index in [-0.39, 0.29) is 18.1 Å². The molecular weight excluding hydrogens is 254 g/mol. The van der Waals surface area contributed by atoms with E-state index >= 15 is 0 Å². The Morgan fingerprint density at radius 3 is 3.05 bits per heavy atom. The van der Waals surface area contributed by atoms with Crippen molar-refractivity contribution in [3.8, 4) is 0 Å². The minimum Gasteiger partial charge on any atom is -0.385 e. The highest BCUT2D eigenvalue weighted by Crippen LogP contribution is 2.18. The molecule has 2 heterocycles. The molecule has 0 aromatic carbocycles. The van der Waals surface area contributed by atoms with Crippen molar-refractivity contribution in [1.82, 2.24) is 10.3 Å². The molecule has 110 valence electrons. The summed E-state index contributed by atoms with van der Waals surface area (Å²) in [5.41, 5.74) is 2.31. The standard InChI is InChI=1S/C15H23N3O2/c1-4-16-13-8-10(2)17-9-12(13)15(19)18-11(3)14-6-5-7-20-14/h8-9,11,14H,4-7H2,1-3H3,(H,16,17)(H,18,19). The average molecular weight is 277 g/mol. The first-order valence-corrected chi connectivity index (χ1v) is 7.24. The summed E-state index contributed by atoms with van der Waals surface area (Å²) in [5, 5.41) is 6.22. The van der Waals surface area contributed by atoms with E-state index in [4.69, 9.17) is 4.74 Å². The van der Waals surface area contributed by atoms with E-state index in [0.717, 1.165) is 37.4 Å². The van der Waals surface area contributed by atoms with Crippen molar-refractivity contribution < 1.29 is 9.53 Å². The van der Waals surface area contributed by atoms with Crippen LogP contribution in [-0.2, 0) is 4.74 Å². The van der Waals surface area contributed by atoms with Gasteiger partial charge in [0, 0.05) is 25.0 Å². The molecule has 0 radical (unpaired) electrons. The fraction of sp³-hybridized carbons (Fsp3) is 0.600. The van der Waals surface area contributed by atoms with Gasteiger partial charge >= 0.3 is 0 Å². The van der Waals surface area contributed by atoms with E-state index in [9.17, 15) is 4.79 Å². The lowest BCUT2D eigenvalue weighted by Crippen LogP contribution is -2.41. The molecule has 1 fully saturated rings. The van der Waals surface area contributed by atoms with Crippen LogP contribution >= 0.6 is 0 Å². The van der Waals surface area contributed by atoms with Crippen LogP contribution < -0.4 is 10.6 Å². The third-order valence-electron chi connectivity index (χ3n) is 3.53. The SMILES string of the molecule is CCNc1cc(C)ncc1C(=O)NC(C)C1CCCO1. The molecule has 2 N–H and O–H groups in total. The van der Waals surface area contributed by atoms with Crippen LogP contribution in [-0.4, -0.2) is 36.2 Å². The Hall–Kier alpha value is -1.62. The van der Waals surface area contributed by atoms with Gasteiger partial charge in [0.1, 0.15) is 0 Å². The van der Waals surface area contributed by atoms with E-state index < -0.39 is 0 Å². The molecule has 2 atom stereocenters. The van der Waals surface area contributed by atoms with E-state index in [0.29, 0.717) is 5.56 Å². The number of carbonyl (C=O) groups excluding carboxylic acids is 1. The van der Waals surface area contributed by atoms with Gasteiger partial charge in [-0.1, -0.05) is 0 Å². The number of amides is 1. The maximum atomic E-state index is 12.4. The zero-order valence-corrected chi connectivity index (χ0v) is 12.4. The number of nitrogens with one attached hydrogen (secondary N) is 2. The third kappa shape index (κ3) is 3.48. The lowest BCUT2D eigenvalue weighted by Gasteiger charge is -2.21. The van der Waals surface area contributed by atoms with Crippen molar-refractivity contribution in [1.29, 1.82) is 0 Å². The van der Waals surface area contributed by atoms with Gasteiger partial charge < -0.3 is 15.4 Å². The number of carbonyl (C=O) groups is 1. The molecule has 0 aliphatic carbocycles. The Morgan fingerprint density at radius 2 is 2.40 bits per heavy atom. The number of anilines is 1. The van der Waals surface area contributed by atoms with Crippen molar-refractivity contribution in [3.63, 3.8) is 0 Å². The maximum absolute atomic E-state index is 12.4. The van der Waals surface area contributed by atoms with Crippen molar-refractivity contribution in [3.05, 3.63) is 23.5 Å². The van der Waals surface area contributed by atoms with Gasteiger partial charge in [0.05, 0.1) is 23.4 Å². The van der Waals surface area contributed by atoms with Gasteiger partial charge in [-0.25, -0.2) is 0 Å². The van der Waals surface area contributed by atoms with Crippen molar-refractivity contribution in [2.45, 2.75) is 45.8 Å². The number of rotatable bonds is 5. The molecule has 0 spiro atoms. The lowest BCUT2D eigenvalue weighted by molar-refractivity contribution is 0.0712. The van der Waals surface area contributed by atoms with Crippen LogP contribution in [0.15, 0.2) is 12.3 Å². The quantitative estimate of drug-likeness (QED) is 0.865. The summed E-state index contributed by atoms with van der Waals surface area (Å²) < 4.78 is 5.60. The highest BCUT2D eigenvalue weighted by atomic mass is 16.5. The predicted molar refractivity (Wildman–Crippen MR) is 79.0 cm³/mol. The second kappa shape index (κ2) is 6.70. The van der Waals surface area contributed by atoms with Gasteiger partial charge in [-0.2, -0.15) is 0 Å². The molecule has 5 nitrogen and oxygen atoms in total. The molecule has 2 rings (SSSR count). The number of nitrogens with zero attached hydrogens (tertiary/aromatic N) is 1. The second-order valence-corrected chi connectivity index (χ2v) is 5.22. The molecule has 1 amide bonds. The van der Waals surface area contributed by atoms with Gasteiger partial charge in [0.2, 0.25) is 0 Å². The summed E-state index contributed by atoms with van der Waals surface area (Å²) in [6.07, 6.45) is 3.83. The molecule has 2 unspecified atom stereocenters. The summed E-state index contributed by atoms with van der Waals surface area (Å²) in [7, 11) is 0. The molecule has 20 heavy (non-hydrogen) atoms. The average Bonchev–Trinajstić information content (AvgIpc) is 2.93. The fourth-order valence-electron chi connectivity index (χ4n) is 2.45. The second-order valence-electron chi connectivity index (χ2n) is 5.22. The molecule has 1 aromatic rings. The summed E-state index contributed by atoms with van der Waals surface area (Å²) >= 11 is 0. The minimum atomic E-state index is -0.101. The Balaban J connectivity index is 2.07. The number of aryl methyl sites for hydroxylation is 1. The third-order valence-corrected chi connectivity index (χ3v) is 3.53. The van der Waals surface area contributed by atoms with E-state index in [1.165, 1.54) is 0 Å². The van der Waals surface area contributed by atoms with Crippen molar-refractivity contribution in [2.24, 2.45) is 0 Å². The molecule has 1 aromatic heterocycles. The van der Waals surface area contributed by atoms with Gasteiger partial charge in [0.15, 0.2) is 0 Å². The Kier molecular flexibility index (Phi) is 4.95. The Labute approximate surface area is 120 Å². The van der Waals surface area contributed by atoms with E-state index in [1.807, 2.05) is 26.8 Å². The topological polar surface area (TPSA) is 63.2 Å². The summed E-state index contributed by atoms with van der Waals surface area (Å²) in [4.78, 5) is 16.6. The summed E-state index contributed by atoms with van der Waals surface area (Å²) in [6, 6.07) is 1.91. The Bertz CT molecular complexity index is 470. The lowest BCUT2D eigenvalue weighted by atomic mass is 10.1. The van der Waals surface area contributed by atoms with Crippen LogP contribution in [0, 0.1) is 6.92 Å². The number of aromatic nitrogens is 1.